The number of carbonyl (C=O) groups is 1. The number of nitrogens with one attached hydrogen (secondary N) is 2. The van der Waals surface area contributed by atoms with Crippen LogP contribution in [-0.4, -0.2) is 30.3 Å². The van der Waals surface area contributed by atoms with E-state index in [0.717, 1.165) is 16.5 Å². The van der Waals surface area contributed by atoms with Crippen LogP contribution in [0.3, 0.4) is 0 Å². The summed E-state index contributed by atoms with van der Waals surface area (Å²) < 4.78 is 10.5. The van der Waals surface area contributed by atoms with E-state index in [1.54, 1.807) is 20.3 Å². The molecule has 0 saturated carbocycles. The minimum absolute atomic E-state index is 0.280. The summed E-state index contributed by atoms with van der Waals surface area (Å²) in [4.78, 5) is 12.5. The molecule has 1 amide bonds. The minimum atomic E-state index is -0.280. The zero-order chi connectivity index (χ0) is 16.4. The lowest BCUT2D eigenvalue weighted by Gasteiger charge is -2.13. The number of aromatic amines is 1. The number of fused-ring (bicyclic) bond motifs is 1. The van der Waals surface area contributed by atoms with Crippen molar-refractivity contribution in [3.63, 3.8) is 0 Å². The molecule has 3 rings (SSSR count). The normalized spacial score (nSPS) is 10.6. The second kappa shape index (κ2) is 6.00. The number of rotatable bonds is 4. The fourth-order valence-corrected chi connectivity index (χ4v) is 2.43. The number of hydrogen-bond acceptors (Lipinski definition) is 4. The SMILES string of the molecule is COc1cc(C)c(NC(=O)c2n[nH]c3ccccc23)cc1OC. The standard InChI is InChI=1S/C17H17N3O3/c1-10-8-14(22-2)15(23-3)9-13(10)18-17(21)16-11-6-4-5-7-12(11)19-20-16/h4-9H,1-3H3,(H,18,21)(H,19,20). The summed E-state index contributed by atoms with van der Waals surface area (Å²) in [5.41, 5.74) is 2.70. The van der Waals surface area contributed by atoms with Gasteiger partial charge in [-0.15, -0.1) is 0 Å². The predicted octanol–water partition coefficient (Wildman–Crippen LogP) is 3.14. The van der Waals surface area contributed by atoms with Crippen LogP contribution in [0.15, 0.2) is 36.4 Å². The number of anilines is 1. The summed E-state index contributed by atoms with van der Waals surface area (Å²) in [6.07, 6.45) is 0. The highest BCUT2D eigenvalue weighted by atomic mass is 16.5. The largest absolute Gasteiger partial charge is 0.493 e. The number of para-hydroxylation sites is 1. The number of ether oxygens (including phenoxy) is 2. The van der Waals surface area contributed by atoms with Gasteiger partial charge < -0.3 is 14.8 Å². The summed E-state index contributed by atoms with van der Waals surface area (Å²) >= 11 is 0. The van der Waals surface area contributed by atoms with E-state index in [0.29, 0.717) is 22.9 Å². The lowest BCUT2D eigenvalue weighted by Crippen LogP contribution is -2.14. The molecule has 23 heavy (non-hydrogen) atoms. The minimum Gasteiger partial charge on any atom is -0.493 e. The quantitative estimate of drug-likeness (QED) is 0.776. The fraction of sp³-hybridized carbons (Fsp3) is 0.176. The average molecular weight is 311 g/mol. The zero-order valence-electron chi connectivity index (χ0n) is 13.1. The molecule has 0 radical (unpaired) electrons. The number of carbonyl (C=O) groups excluding carboxylic acids is 1. The molecule has 2 aromatic carbocycles. The molecule has 0 saturated heterocycles. The van der Waals surface area contributed by atoms with Gasteiger partial charge in [-0.2, -0.15) is 5.10 Å². The number of nitrogens with zero attached hydrogens (tertiary/aromatic N) is 1. The van der Waals surface area contributed by atoms with Crippen molar-refractivity contribution in [2.24, 2.45) is 0 Å². The van der Waals surface area contributed by atoms with Gasteiger partial charge in [0.1, 0.15) is 0 Å². The molecular formula is C17H17N3O3. The smallest absolute Gasteiger partial charge is 0.276 e. The van der Waals surface area contributed by atoms with E-state index in [-0.39, 0.29) is 5.91 Å². The fourth-order valence-electron chi connectivity index (χ4n) is 2.43. The molecular weight excluding hydrogens is 294 g/mol. The molecule has 0 spiro atoms. The van der Waals surface area contributed by atoms with Gasteiger partial charge >= 0.3 is 0 Å². The molecule has 0 aliphatic heterocycles. The van der Waals surface area contributed by atoms with E-state index in [1.165, 1.54) is 0 Å². The van der Waals surface area contributed by atoms with Crippen LogP contribution in [0.2, 0.25) is 0 Å². The summed E-state index contributed by atoms with van der Waals surface area (Å²) in [7, 11) is 3.13. The Morgan fingerprint density at radius 3 is 2.57 bits per heavy atom. The molecule has 1 heterocycles. The summed E-state index contributed by atoms with van der Waals surface area (Å²) in [6.45, 7) is 1.89. The molecule has 0 fully saturated rings. The Morgan fingerprint density at radius 2 is 1.83 bits per heavy atom. The van der Waals surface area contributed by atoms with Crippen molar-refractivity contribution >= 4 is 22.5 Å². The lowest BCUT2D eigenvalue weighted by atomic mass is 10.1. The number of benzene rings is 2. The Labute approximate surface area is 133 Å². The van der Waals surface area contributed by atoms with E-state index < -0.39 is 0 Å². The number of aromatic nitrogens is 2. The van der Waals surface area contributed by atoms with E-state index in [1.807, 2.05) is 37.3 Å². The molecule has 118 valence electrons. The first-order valence-corrected chi connectivity index (χ1v) is 7.11. The summed E-state index contributed by atoms with van der Waals surface area (Å²) in [6, 6.07) is 11.0. The maximum atomic E-state index is 12.5. The lowest BCUT2D eigenvalue weighted by molar-refractivity contribution is 0.102. The molecule has 6 nitrogen and oxygen atoms in total. The Hall–Kier alpha value is -3.02. The highest BCUT2D eigenvalue weighted by molar-refractivity contribution is 6.11. The van der Waals surface area contributed by atoms with Gasteiger partial charge in [0, 0.05) is 17.1 Å². The summed E-state index contributed by atoms with van der Waals surface area (Å²) in [5, 5.41) is 10.6. The third-order valence-corrected chi connectivity index (χ3v) is 3.66. The first kappa shape index (κ1) is 14.9. The van der Waals surface area contributed by atoms with E-state index in [9.17, 15) is 4.79 Å². The van der Waals surface area contributed by atoms with Gasteiger partial charge in [0.05, 0.1) is 19.7 Å². The Morgan fingerprint density at radius 1 is 1.13 bits per heavy atom. The predicted molar refractivity (Wildman–Crippen MR) is 88.3 cm³/mol. The Kier molecular flexibility index (Phi) is 3.89. The van der Waals surface area contributed by atoms with Gasteiger partial charge in [0.15, 0.2) is 17.2 Å². The first-order valence-electron chi connectivity index (χ1n) is 7.11. The third kappa shape index (κ3) is 2.70. The molecule has 2 N–H and O–H groups in total. The number of H-pyrrole nitrogens is 1. The van der Waals surface area contributed by atoms with Crippen molar-refractivity contribution in [1.29, 1.82) is 0 Å². The maximum absolute atomic E-state index is 12.5. The second-order valence-corrected chi connectivity index (χ2v) is 5.09. The second-order valence-electron chi connectivity index (χ2n) is 5.09. The van der Waals surface area contributed by atoms with E-state index >= 15 is 0 Å². The van der Waals surface area contributed by atoms with Gasteiger partial charge in [-0.1, -0.05) is 18.2 Å². The number of aryl methyl sites for hydroxylation is 1. The monoisotopic (exact) mass is 311 g/mol. The molecule has 0 aliphatic carbocycles. The maximum Gasteiger partial charge on any atom is 0.276 e. The van der Waals surface area contributed by atoms with Crippen LogP contribution in [0.5, 0.6) is 11.5 Å². The van der Waals surface area contributed by atoms with Crippen molar-refractivity contribution in [2.45, 2.75) is 6.92 Å². The van der Waals surface area contributed by atoms with Crippen molar-refractivity contribution in [3.8, 4) is 11.5 Å². The molecule has 6 heteroatoms. The highest BCUT2D eigenvalue weighted by Gasteiger charge is 2.16. The van der Waals surface area contributed by atoms with Gasteiger partial charge in [-0.05, 0) is 24.6 Å². The molecule has 0 bridgehead atoms. The molecule has 3 aromatic rings. The van der Waals surface area contributed by atoms with Crippen LogP contribution in [0.25, 0.3) is 10.9 Å². The topological polar surface area (TPSA) is 76.2 Å². The van der Waals surface area contributed by atoms with Gasteiger partial charge in [0.2, 0.25) is 0 Å². The number of amides is 1. The zero-order valence-corrected chi connectivity index (χ0v) is 13.1. The van der Waals surface area contributed by atoms with Crippen LogP contribution < -0.4 is 14.8 Å². The van der Waals surface area contributed by atoms with Crippen molar-refractivity contribution in [1.82, 2.24) is 10.2 Å². The molecule has 0 unspecified atom stereocenters. The van der Waals surface area contributed by atoms with Crippen LogP contribution in [-0.2, 0) is 0 Å². The van der Waals surface area contributed by atoms with Crippen LogP contribution in [0, 0.1) is 6.92 Å². The van der Waals surface area contributed by atoms with E-state index in [4.69, 9.17) is 9.47 Å². The van der Waals surface area contributed by atoms with Crippen molar-refractivity contribution in [2.75, 3.05) is 19.5 Å². The average Bonchev–Trinajstić information content (AvgIpc) is 3.00. The highest BCUT2D eigenvalue weighted by Crippen LogP contribution is 2.33. The van der Waals surface area contributed by atoms with Crippen LogP contribution in [0.1, 0.15) is 16.1 Å². The number of methoxy groups -OCH3 is 2. The van der Waals surface area contributed by atoms with E-state index in [2.05, 4.69) is 15.5 Å². The first-order chi connectivity index (χ1) is 11.1. The van der Waals surface area contributed by atoms with Crippen molar-refractivity contribution in [3.05, 3.63) is 47.7 Å². The van der Waals surface area contributed by atoms with Crippen LogP contribution in [0.4, 0.5) is 5.69 Å². The van der Waals surface area contributed by atoms with Gasteiger partial charge in [-0.25, -0.2) is 0 Å². The molecule has 0 aliphatic rings. The van der Waals surface area contributed by atoms with Gasteiger partial charge in [-0.3, -0.25) is 9.89 Å². The van der Waals surface area contributed by atoms with Crippen molar-refractivity contribution < 1.29 is 14.3 Å². The molecule has 0 atom stereocenters. The molecule has 1 aromatic heterocycles. The Bertz CT molecular complexity index is 871. The number of hydrogen-bond donors (Lipinski definition) is 2. The summed E-state index contributed by atoms with van der Waals surface area (Å²) in [5.74, 6) is 0.895. The van der Waals surface area contributed by atoms with Crippen LogP contribution >= 0.6 is 0 Å². The Balaban J connectivity index is 1.94. The third-order valence-electron chi connectivity index (χ3n) is 3.66. The van der Waals surface area contributed by atoms with Gasteiger partial charge in [0.25, 0.3) is 5.91 Å².